The molecule has 2 heteroatoms. The van der Waals surface area contributed by atoms with Crippen LogP contribution in [0.2, 0.25) is 0 Å². The van der Waals surface area contributed by atoms with Crippen molar-refractivity contribution < 1.29 is 4.79 Å². The molecule has 0 atom stereocenters. The van der Waals surface area contributed by atoms with Crippen LogP contribution in [-0.2, 0) is 0 Å². The molecule has 0 unspecified atom stereocenters. The maximum absolute atomic E-state index is 11.8. The second kappa shape index (κ2) is 5.85. The van der Waals surface area contributed by atoms with Crippen LogP contribution >= 0.6 is 0 Å². The van der Waals surface area contributed by atoms with E-state index in [-0.39, 0.29) is 5.91 Å². The van der Waals surface area contributed by atoms with E-state index in [1.165, 1.54) is 11.1 Å². The first-order valence-electron chi connectivity index (χ1n) is 6.39. The summed E-state index contributed by atoms with van der Waals surface area (Å²) in [6, 6.07) is 6.04. The summed E-state index contributed by atoms with van der Waals surface area (Å²) in [6.45, 7) is 11.3. The zero-order valence-electron chi connectivity index (χ0n) is 11.5. The van der Waals surface area contributed by atoms with Crippen molar-refractivity contribution in [2.45, 2.75) is 46.5 Å². The first-order valence-corrected chi connectivity index (χ1v) is 6.39. The third kappa shape index (κ3) is 3.32. The van der Waals surface area contributed by atoms with Gasteiger partial charge < -0.3 is 5.32 Å². The molecule has 0 heterocycles. The molecular formula is C15H23NO. The van der Waals surface area contributed by atoms with Gasteiger partial charge in [0.25, 0.3) is 5.91 Å². The maximum Gasteiger partial charge on any atom is 0.251 e. The molecule has 0 aliphatic heterocycles. The van der Waals surface area contributed by atoms with Crippen molar-refractivity contribution in [1.29, 1.82) is 0 Å². The van der Waals surface area contributed by atoms with Crippen LogP contribution in [-0.4, -0.2) is 12.5 Å². The van der Waals surface area contributed by atoms with Gasteiger partial charge in [0.1, 0.15) is 0 Å². The molecule has 0 aliphatic carbocycles. The summed E-state index contributed by atoms with van der Waals surface area (Å²) in [6.07, 6.45) is 0. The quantitative estimate of drug-likeness (QED) is 0.844. The number of carbonyl (C=O) groups is 1. The number of carbonyl (C=O) groups excluding carboxylic acids is 1. The Morgan fingerprint density at radius 3 is 2.18 bits per heavy atom. The fourth-order valence-electron chi connectivity index (χ4n) is 2.00. The number of hydrogen-bond acceptors (Lipinski definition) is 1. The van der Waals surface area contributed by atoms with E-state index in [1.807, 2.05) is 19.1 Å². The third-order valence-electron chi connectivity index (χ3n) is 2.93. The SMILES string of the molecule is CCNC(=O)c1ccc(C(C)C)c(C(C)C)c1. The molecule has 1 N–H and O–H groups in total. The van der Waals surface area contributed by atoms with Gasteiger partial charge in [-0.3, -0.25) is 4.79 Å². The Morgan fingerprint density at radius 2 is 1.71 bits per heavy atom. The lowest BCUT2D eigenvalue weighted by Crippen LogP contribution is -2.23. The molecule has 0 saturated carbocycles. The van der Waals surface area contributed by atoms with E-state index in [0.29, 0.717) is 18.4 Å². The Hall–Kier alpha value is -1.31. The molecule has 1 amide bonds. The van der Waals surface area contributed by atoms with E-state index in [0.717, 1.165) is 5.56 Å². The zero-order valence-corrected chi connectivity index (χ0v) is 11.5. The molecule has 0 saturated heterocycles. The van der Waals surface area contributed by atoms with E-state index in [1.54, 1.807) is 0 Å². The summed E-state index contributed by atoms with van der Waals surface area (Å²) in [5.41, 5.74) is 3.39. The Morgan fingerprint density at radius 1 is 1.12 bits per heavy atom. The van der Waals surface area contributed by atoms with Gasteiger partial charge in [-0.1, -0.05) is 33.8 Å². The highest BCUT2D eigenvalue weighted by Crippen LogP contribution is 2.27. The Labute approximate surface area is 104 Å². The van der Waals surface area contributed by atoms with Crippen LogP contribution in [0.25, 0.3) is 0 Å². The number of hydrogen-bond donors (Lipinski definition) is 1. The minimum atomic E-state index is 0.0182. The van der Waals surface area contributed by atoms with Gasteiger partial charge in [0.2, 0.25) is 0 Å². The fraction of sp³-hybridized carbons (Fsp3) is 0.533. The number of rotatable bonds is 4. The summed E-state index contributed by atoms with van der Waals surface area (Å²) in [7, 11) is 0. The molecule has 0 bridgehead atoms. The molecule has 0 spiro atoms. The van der Waals surface area contributed by atoms with Crippen LogP contribution in [0.5, 0.6) is 0 Å². The van der Waals surface area contributed by atoms with Crippen LogP contribution in [0.1, 0.15) is 67.9 Å². The van der Waals surface area contributed by atoms with E-state index < -0.39 is 0 Å². The summed E-state index contributed by atoms with van der Waals surface area (Å²) < 4.78 is 0. The highest BCUT2D eigenvalue weighted by molar-refractivity contribution is 5.94. The van der Waals surface area contributed by atoms with E-state index in [4.69, 9.17) is 0 Å². The second-order valence-corrected chi connectivity index (χ2v) is 5.01. The van der Waals surface area contributed by atoms with Crippen LogP contribution in [0, 0.1) is 0 Å². The highest BCUT2D eigenvalue weighted by Gasteiger charge is 2.13. The minimum Gasteiger partial charge on any atom is -0.352 e. The van der Waals surface area contributed by atoms with Gasteiger partial charge in [-0.05, 0) is 42.0 Å². The smallest absolute Gasteiger partial charge is 0.251 e. The van der Waals surface area contributed by atoms with E-state index >= 15 is 0 Å². The summed E-state index contributed by atoms with van der Waals surface area (Å²) in [5, 5.41) is 2.84. The fourth-order valence-corrected chi connectivity index (χ4v) is 2.00. The number of benzene rings is 1. The van der Waals surface area contributed by atoms with Crippen LogP contribution in [0.3, 0.4) is 0 Å². The summed E-state index contributed by atoms with van der Waals surface area (Å²) in [4.78, 5) is 11.8. The molecule has 0 aromatic heterocycles. The molecule has 1 aromatic rings. The van der Waals surface area contributed by atoms with Crippen molar-refractivity contribution in [3.63, 3.8) is 0 Å². The lowest BCUT2D eigenvalue weighted by atomic mass is 9.89. The van der Waals surface area contributed by atoms with Crippen molar-refractivity contribution in [2.24, 2.45) is 0 Å². The molecule has 1 rings (SSSR count). The molecule has 94 valence electrons. The second-order valence-electron chi connectivity index (χ2n) is 5.01. The first-order chi connectivity index (χ1) is 7.97. The largest absolute Gasteiger partial charge is 0.352 e. The van der Waals surface area contributed by atoms with E-state index in [9.17, 15) is 4.79 Å². The van der Waals surface area contributed by atoms with Crippen molar-refractivity contribution in [1.82, 2.24) is 5.32 Å². The van der Waals surface area contributed by atoms with Crippen molar-refractivity contribution >= 4 is 5.91 Å². The van der Waals surface area contributed by atoms with E-state index in [2.05, 4.69) is 39.1 Å². The van der Waals surface area contributed by atoms with Crippen molar-refractivity contribution in [3.05, 3.63) is 34.9 Å². The lowest BCUT2D eigenvalue weighted by molar-refractivity contribution is 0.0955. The molecular weight excluding hydrogens is 210 g/mol. The van der Waals surface area contributed by atoms with Gasteiger partial charge in [-0.25, -0.2) is 0 Å². The average Bonchev–Trinajstić information content (AvgIpc) is 2.28. The standard InChI is InChI=1S/C15H23NO/c1-6-16-15(17)12-7-8-13(10(2)3)14(9-12)11(4)5/h7-11H,6H2,1-5H3,(H,16,17). The normalized spacial score (nSPS) is 11.0. The van der Waals surface area contributed by atoms with Gasteiger partial charge in [-0.2, -0.15) is 0 Å². The number of nitrogens with one attached hydrogen (secondary N) is 1. The predicted molar refractivity (Wildman–Crippen MR) is 72.6 cm³/mol. The summed E-state index contributed by atoms with van der Waals surface area (Å²) in [5.74, 6) is 0.960. The molecule has 0 radical (unpaired) electrons. The van der Waals surface area contributed by atoms with Gasteiger partial charge in [-0.15, -0.1) is 0 Å². The summed E-state index contributed by atoms with van der Waals surface area (Å²) >= 11 is 0. The molecule has 0 aliphatic rings. The van der Waals surface area contributed by atoms with Crippen molar-refractivity contribution in [3.8, 4) is 0 Å². The van der Waals surface area contributed by atoms with Gasteiger partial charge in [0.15, 0.2) is 0 Å². The van der Waals surface area contributed by atoms with Gasteiger partial charge in [0, 0.05) is 12.1 Å². The van der Waals surface area contributed by atoms with Crippen LogP contribution < -0.4 is 5.32 Å². The highest BCUT2D eigenvalue weighted by atomic mass is 16.1. The minimum absolute atomic E-state index is 0.0182. The average molecular weight is 233 g/mol. The molecule has 17 heavy (non-hydrogen) atoms. The Kier molecular flexibility index (Phi) is 4.73. The monoisotopic (exact) mass is 233 g/mol. The van der Waals surface area contributed by atoms with Gasteiger partial charge >= 0.3 is 0 Å². The third-order valence-corrected chi connectivity index (χ3v) is 2.93. The number of amides is 1. The molecule has 2 nitrogen and oxygen atoms in total. The molecule has 1 aromatic carbocycles. The first kappa shape index (κ1) is 13.8. The van der Waals surface area contributed by atoms with Crippen LogP contribution in [0.4, 0.5) is 0 Å². The van der Waals surface area contributed by atoms with Crippen LogP contribution in [0.15, 0.2) is 18.2 Å². The zero-order chi connectivity index (χ0) is 13.0. The Balaban J connectivity index is 3.14. The maximum atomic E-state index is 11.8. The predicted octanol–water partition coefficient (Wildman–Crippen LogP) is 3.68. The molecule has 0 fully saturated rings. The van der Waals surface area contributed by atoms with Gasteiger partial charge in [0.05, 0.1) is 0 Å². The van der Waals surface area contributed by atoms with Crippen molar-refractivity contribution in [2.75, 3.05) is 6.54 Å². The lowest BCUT2D eigenvalue weighted by Gasteiger charge is -2.17. The topological polar surface area (TPSA) is 29.1 Å². The Bertz CT molecular complexity index is 394.